The average molecular weight is 448 g/mol. The number of nitrogens with one attached hydrogen (secondary N) is 1. The molecule has 2 aromatic heterocycles. The van der Waals surface area contributed by atoms with Crippen LogP contribution in [0.2, 0.25) is 5.28 Å². The van der Waals surface area contributed by atoms with Gasteiger partial charge in [0.05, 0.1) is 15.7 Å². The standard InChI is InChI=1S/C19H22ClN7O2S/c1-19(2,3)29-18(28)27-8-6-26(7-9-27)17-24-15(20)23-16(25-17)22-12-4-5-13-14(10-12)30-11-21-13/h4-5,10-11H,6-9H2,1-3H3,(H,22,23,24,25). The first kappa shape index (κ1) is 20.5. The van der Waals surface area contributed by atoms with Gasteiger partial charge in [-0.05, 0) is 50.6 Å². The van der Waals surface area contributed by atoms with E-state index in [1.54, 1.807) is 16.2 Å². The first-order valence-electron chi connectivity index (χ1n) is 9.51. The minimum Gasteiger partial charge on any atom is -0.444 e. The predicted molar refractivity (Wildman–Crippen MR) is 118 cm³/mol. The third kappa shape index (κ3) is 4.88. The Labute approximate surface area is 183 Å². The molecule has 3 aromatic rings. The van der Waals surface area contributed by atoms with E-state index in [9.17, 15) is 4.79 Å². The SMILES string of the molecule is CC(C)(C)OC(=O)N1CCN(c2nc(Cl)nc(Nc3ccc4ncsc4c3)n2)CC1. The molecule has 0 atom stereocenters. The number of benzene rings is 1. The number of amides is 1. The summed E-state index contributed by atoms with van der Waals surface area (Å²) in [6.45, 7) is 7.75. The van der Waals surface area contributed by atoms with Crippen LogP contribution in [0.1, 0.15) is 20.8 Å². The number of piperazine rings is 1. The van der Waals surface area contributed by atoms with Gasteiger partial charge >= 0.3 is 6.09 Å². The molecule has 4 rings (SSSR count). The van der Waals surface area contributed by atoms with Gasteiger partial charge in [0.1, 0.15) is 5.60 Å². The molecule has 1 amide bonds. The van der Waals surface area contributed by atoms with Crippen LogP contribution in [-0.2, 0) is 4.74 Å². The summed E-state index contributed by atoms with van der Waals surface area (Å²) in [5.41, 5.74) is 3.08. The summed E-state index contributed by atoms with van der Waals surface area (Å²) in [4.78, 5) is 33.1. The Kier molecular flexibility index (Phi) is 5.61. The minimum absolute atomic E-state index is 0.107. The molecule has 158 valence electrons. The highest BCUT2D eigenvalue weighted by Gasteiger charge is 2.27. The van der Waals surface area contributed by atoms with Crippen molar-refractivity contribution in [2.24, 2.45) is 0 Å². The Hall–Kier alpha value is -2.72. The zero-order valence-electron chi connectivity index (χ0n) is 16.9. The van der Waals surface area contributed by atoms with Crippen molar-refractivity contribution in [1.82, 2.24) is 24.8 Å². The fraction of sp³-hybridized carbons (Fsp3) is 0.421. The number of anilines is 3. The van der Waals surface area contributed by atoms with Crippen molar-refractivity contribution in [3.05, 3.63) is 29.0 Å². The number of carbonyl (C=O) groups is 1. The Morgan fingerprint density at radius 1 is 1.17 bits per heavy atom. The van der Waals surface area contributed by atoms with Crippen LogP contribution < -0.4 is 10.2 Å². The minimum atomic E-state index is -0.515. The third-order valence-electron chi connectivity index (χ3n) is 4.40. The van der Waals surface area contributed by atoms with Crippen LogP contribution in [0.25, 0.3) is 10.2 Å². The van der Waals surface area contributed by atoms with Crippen LogP contribution in [0.15, 0.2) is 23.7 Å². The van der Waals surface area contributed by atoms with E-state index >= 15 is 0 Å². The smallest absolute Gasteiger partial charge is 0.410 e. The Bertz CT molecular complexity index is 1060. The van der Waals surface area contributed by atoms with Crippen molar-refractivity contribution in [3.8, 4) is 0 Å². The summed E-state index contributed by atoms with van der Waals surface area (Å²) in [5, 5.41) is 3.29. The lowest BCUT2D eigenvalue weighted by molar-refractivity contribution is 0.0240. The molecule has 1 aromatic carbocycles. The van der Waals surface area contributed by atoms with Crippen molar-refractivity contribution in [3.63, 3.8) is 0 Å². The maximum absolute atomic E-state index is 12.3. The molecule has 0 radical (unpaired) electrons. The fourth-order valence-corrected chi connectivity index (χ4v) is 3.89. The van der Waals surface area contributed by atoms with E-state index in [-0.39, 0.29) is 11.4 Å². The molecular weight excluding hydrogens is 426 g/mol. The van der Waals surface area contributed by atoms with E-state index in [2.05, 4.69) is 25.3 Å². The second kappa shape index (κ2) is 8.19. The summed E-state index contributed by atoms with van der Waals surface area (Å²) in [6.07, 6.45) is -0.309. The number of thiazole rings is 1. The van der Waals surface area contributed by atoms with Gasteiger partial charge in [0.2, 0.25) is 17.2 Å². The highest BCUT2D eigenvalue weighted by molar-refractivity contribution is 7.16. The van der Waals surface area contributed by atoms with Gasteiger partial charge in [-0.1, -0.05) is 0 Å². The van der Waals surface area contributed by atoms with Crippen LogP contribution in [0.5, 0.6) is 0 Å². The fourth-order valence-electron chi connectivity index (χ4n) is 3.01. The Balaban J connectivity index is 1.44. The van der Waals surface area contributed by atoms with E-state index < -0.39 is 5.60 Å². The van der Waals surface area contributed by atoms with Gasteiger partial charge in [-0.3, -0.25) is 0 Å². The number of rotatable bonds is 3. The first-order chi connectivity index (χ1) is 14.3. The summed E-state index contributed by atoms with van der Waals surface area (Å²) < 4.78 is 6.51. The first-order valence-corrected chi connectivity index (χ1v) is 10.8. The van der Waals surface area contributed by atoms with Gasteiger partial charge in [0.25, 0.3) is 0 Å². The molecule has 1 N–H and O–H groups in total. The maximum atomic E-state index is 12.3. The summed E-state index contributed by atoms with van der Waals surface area (Å²) in [7, 11) is 0. The van der Waals surface area contributed by atoms with E-state index in [4.69, 9.17) is 16.3 Å². The monoisotopic (exact) mass is 447 g/mol. The molecule has 30 heavy (non-hydrogen) atoms. The van der Waals surface area contributed by atoms with Crippen molar-refractivity contribution < 1.29 is 9.53 Å². The number of hydrogen-bond acceptors (Lipinski definition) is 9. The van der Waals surface area contributed by atoms with Crippen LogP contribution in [0.3, 0.4) is 0 Å². The number of aromatic nitrogens is 4. The predicted octanol–water partition coefficient (Wildman–Crippen LogP) is 3.94. The van der Waals surface area contributed by atoms with Crippen molar-refractivity contribution in [2.75, 3.05) is 36.4 Å². The van der Waals surface area contributed by atoms with Crippen LogP contribution in [0, 0.1) is 0 Å². The topological polar surface area (TPSA) is 96.4 Å². The average Bonchev–Trinajstić information content (AvgIpc) is 3.14. The highest BCUT2D eigenvalue weighted by atomic mass is 35.5. The molecular formula is C19H22ClN7O2S. The second-order valence-electron chi connectivity index (χ2n) is 7.84. The lowest BCUT2D eigenvalue weighted by atomic mass is 10.2. The number of halogens is 1. The summed E-state index contributed by atoms with van der Waals surface area (Å²) >= 11 is 7.71. The zero-order valence-corrected chi connectivity index (χ0v) is 18.5. The molecule has 0 bridgehead atoms. The van der Waals surface area contributed by atoms with Crippen molar-refractivity contribution in [1.29, 1.82) is 0 Å². The number of hydrogen-bond donors (Lipinski definition) is 1. The molecule has 1 fully saturated rings. The molecule has 0 unspecified atom stereocenters. The maximum Gasteiger partial charge on any atom is 0.410 e. The van der Waals surface area contributed by atoms with E-state index in [0.717, 1.165) is 15.9 Å². The second-order valence-corrected chi connectivity index (χ2v) is 9.07. The molecule has 1 aliphatic rings. The highest BCUT2D eigenvalue weighted by Crippen LogP contribution is 2.24. The van der Waals surface area contributed by atoms with Crippen molar-refractivity contribution >= 4 is 56.8 Å². The van der Waals surface area contributed by atoms with Gasteiger partial charge in [-0.2, -0.15) is 15.0 Å². The Morgan fingerprint density at radius 3 is 2.67 bits per heavy atom. The molecule has 1 aliphatic heterocycles. The van der Waals surface area contributed by atoms with E-state index in [1.165, 1.54) is 0 Å². The van der Waals surface area contributed by atoms with Gasteiger partial charge < -0.3 is 19.9 Å². The van der Waals surface area contributed by atoms with Gasteiger partial charge in [-0.25, -0.2) is 9.78 Å². The van der Waals surface area contributed by atoms with Gasteiger partial charge in [-0.15, -0.1) is 11.3 Å². The molecule has 0 aliphatic carbocycles. The van der Waals surface area contributed by atoms with Crippen molar-refractivity contribution in [2.45, 2.75) is 26.4 Å². The van der Waals surface area contributed by atoms with Crippen LogP contribution >= 0.6 is 22.9 Å². The number of nitrogens with zero attached hydrogens (tertiary/aromatic N) is 6. The largest absolute Gasteiger partial charge is 0.444 e. The molecule has 9 nitrogen and oxygen atoms in total. The van der Waals surface area contributed by atoms with Crippen LogP contribution in [0.4, 0.5) is 22.4 Å². The molecule has 1 saturated heterocycles. The lowest BCUT2D eigenvalue weighted by Crippen LogP contribution is -2.50. The van der Waals surface area contributed by atoms with E-state index in [1.807, 2.05) is 49.4 Å². The van der Waals surface area contributed by atoms with Crippen LogP contribution in [-0.4, -0.2) is 62.7 Å². The zero-order chi connectivity index (χ0) is 21.3. The molecule has 0 spiro atoms. The molecule has 3 heterocycles. The van der Waals surface area contributed by atoms with Gasteiger partial charge in [0.15, 0.2) is 0 Å². The third-order valence-corrected chi connectivity index (χ3v) is 5.36. The number of carbonyl (C=O) groups excluding carboxylic acids is 1. The normalized spacial score (nSPS) is 14.8. The molecule has 0 saturated carbocycles. The summed E-state index contributed by atoms with van der Waals surface area (Å²) in [6, 6.07) is 5.84. The Morgan fingerprint density at radius 2 is 1.93 bits per heavy atom. The number of fused-ring (bicyclic) bond motifs is 1. The lowest BCUT2D eigenvalue weighted by Gasteiger charge is -2.35. The quantitative estimate of drug-likeness (QED) is 0.645. The van der Waals surface area contributed by atoms with E-state index in [0.29, 0.717) is 38.1 Å². The summed E-state index contributed by atoms with van der Waals surface area (Å²) in [5.74, 6) is 0.837. The molecule has 11 heteroatoms. The number of ether oxygens (including phenoxy) is 1. The van der Waals surface area contributed by atoms with Gasteiger partial charge in [0, 0.05) is 31.9 Å².